The van der Waals surface area contributed by atoms with Crippen molar-refractivity contribution < 1.29 is 10.4 Å². The molecule has 0 fully saturated rings. The van der Waals surface area contributed by atoms with Crippen LogP contribution in [0.3, 0.4) is 0 Å². The quantitative estimate of drug-likeness (QED) is 0.392. The lowest BCUT2D eigenvalue weighted by Crippen LogP contribution is -2.15. The van der Waals surface area contributed by atoms with E-state index in [0.29, 0.717) is 0 Å². The summed E-state index contributed by atoms with van der Waals surface area (Å²) in [5.41, 5.74) is 9.66. The Morgan fingerprint density at radius 2 is 1.50 bits per heavy atom. The maximum atomic E-state index is 10.4. The Hall–Kier alpha value is -1.74. The molecule has 0 radical (unpaired) electrons. The predicted molar refractivity (Wildman–Crippen MR) is 50.5 cm³/mol. The van der Waals surface area contributed by atoms with E-state index in [1.54, 1.807) is 0 Å². The molecule has 0 saturated heterocycles. The van der Waals surface area contributed by atoms with Crippen LogP contribution in [0.5, 0.6) is 0 Å². The van der Waals surface area contributed by atoms with E-state index >= 15 is 0 Å². The summed E-state index contributed by atoms with van der Waals surface area (Å²) >= 11 is 0. The van der Waals surface area contributed by atoms with Gasteiger partial charge in [0.05, 0.1) is 11.4 Å². The minimum absolute atomic E-state index is 0.0712. The van der Waals surface area contributed by atoms with Gasteiger partial charge in [0.15, 0.2) is 0 Å². The molecule has 0 saturated carbocycles. The van der Waals surface area contributed by atoms with Crippen LogP contribution in [0.4, 0.5) is 22.7 Å². The van der Waals surface area contributed by atoms with Gasteiger partial charge in [-0.1, -0.05) is 0 Å². The molecule has 0 amide bonds. The van der Waals surface area contributed by atoms with E-state index in [9.17, 15) is 10.4 Å². The van der Waals surface area contributed by atoms with Gasteiger partial charge >= 0.3 is 0 Å². The van der Waals surface area contributed by atoms with E-state index in [1.807, 2.05) is 0 Å². The molecule has 8 nitrogen and oxygen atoms in total. The van der Waals surface area contributed by atoms with Crippen LogP contribution in [-0.4, -0.2) is 10.4 Å². The minimum Gasteiger partial charge on any atom is -0.769 e. The summed E-state index contributed by atoms with van der Waals surface area (Å²) < 4.78 is 0. The SMILES string of the molecule is Nc1cc(N)c(N(O)O)cc1N([O-])[O-]. The topological polar surface area (TPSA) is 145 Å². The number of anilines is 4. The minimum atomic E-state index is -0.748. The van der Waals surface area contributed by atoms with Crippen LogP contribution in [0.15, 0.2) is 12.1 Å². The Morgan fingerprint density at radius 1 is 1.00 bits per heavy atom. The second kappa shape index (κ2) is 3.55. The number of hydrogen-bond donors (Lipinski definition) is 4. The molecule has 6 N–H and O–H groups in total. The van der Waals surface area contributed by atoms with Gasteiger partial charge in [0.2, 0.25) is 0 Å². The molecule has 0 aliphatic carbocycles. The number of nitrogen functional groups attached to an aromatic ring is 2. The van der Waals surface area contributed by atoms with Gasteiger partial charge in [-0.3, -0.25) is 10.4 Å². The fourth-order valence-electron chi connectivity index (χ4n) is 0.943. The van der Waals surface area contributed by atoms with E-state index in [-0.39, 0.29) is 22.3 Å². The van der Waals surface area contributed by atoms with Crippen LogP contribution >= 0.6 is 0 Å². The maximum absolute atomic E-state index is 10.4. The van der Waals surface area contributed by atoms with E-state index in [2.05, 4.69) is 0 Å². The summed E-state index contributed by atoms with van der Waals surface area (Å²) in [4.78, 5) is 0. The molecule has 0 atom stereocenters. The number of nitrogens with two attached hydrogens (primary N) is 2. The third-order valence-electron chi connectivity index (χ3n) is 1.59. The van der Waals surface area contributed by atoms with Crippen LogP contribution in [0.2, 0.25) is 0 Å². The molecule has 1 aromatic rings. The molecule has 0 aliphatic rings. The van der Waals surface area contributed by atoms with Gasteiger partial charge in [0, 0.05) is 5.69 Å². The Bertz CT molecular complexity index is 312. The van der Waals surface area contributed by atoms with E-state index in [4.69, 9.17) is 21.9 Å². The summed E-state index contributed by atoms with van der Waals surface area (Å²) in [5, 5.41) is 37.1. The highest BCUT2D eigenvalue weighted by atomic mass is 16.8. The number of benzene rings is 1. The monoisotopic (exact) mass is 200 g/mol. The highest BCUT2D eigenvalue weighted by Crippen LogP contribution is 2.32. The van der Waals surface area contributed by atoms with Gasteiger partial charge < -0.3 is 27.1 Å². The first-order chi connectivity index (χ1) is 6.43. The molecule has 0 bridgehead atoms. The van der Waals surface area contributed by atoms with Gasteiger partial charge in [-0.05, 0) is 12.1 Å². The van der Waals surface area contributed by atoms with Crippen molar-refractivity contribution in [3.8, 4) is 0 Å². The molecular formula is C6H8N4O4-2. The van der Waals surface area contributed by atoms with E-state index in [1.165, 1.54) is 0 Å². The summed E-state index contributed by atoms with van der Waals surface area (Å²) in [6.45, 7) is 0. The second-order valence-electron chi connectivity index (χ2n) is 2.52. The van der Waals surface area contributed by atoms with Crippen molar-refractivity contribution in [3.63, 3.8) is 0 Å². The highest BCUT2D eigenvalue weighted by molar-refractivity contribution is 5.81. The van der Waals surface area contributed by atoms with Crippen molar-refractivity contribution in [2.45, 2.75) is 0 Å². The first-order valence-corrected chi connectivity index (χ1v) is 3.44. The van der Waals surface area contributed by atoms with Crippen molar-refractivity contribution in [2.75, 3.05) is 21.9 Å². The summed E-state index contributed by atoms with van der Waals surface area (Å²) in [6.07, 6.45) is 0. The zero-order valence-electron chi connectivity index (χ0n) is 6.91. The van der Waals surface area contributed by atoms with Crippen molar-refractivity contribution in [3.05, 3.63) is 22.5 Å². The van der Waals surface area contributed by atoms with Gasteiger partial charge in [0.1, 0.15) is 5.69 Å². The molecule has 14 heavy (non-hydrogen) atoms. The third-order valence-corrected chi connectivity index (χ3v) is 1.59. The Labute approximate surface area is 78.6 Å². The normalized spacial score (nSPS) is 10.0. The molecule has 78 valence electrons. The molecule has 0 heterocycles. The smallest absolute Gasteiger partial charge is 0.119 e. The Morgan fingerprint density at radius 3 is 1.93 bits per heavy atom. The fourth-order valence-corrected chi connectivity index (χ4v) is 0.943. The molecule has 1 rings (SSSR count). The van der Waals surface area contributed by atoms with E-state index in [0.717, 1.165) is 12.1 Å². The summed E-state index contributed by atoms with van der Waals surface area (Å²) in [6, 6.07) is 1.94. The van der Waals surface area contributed by atoms with Gasteiger partial charge in [0.25, 0.3) is 0 Å². The van der Waals surface area contributed by atoms with Gasteiger partial charge in [-0.15, -0.1) is 5.23 Å². The number of hydrogen-bond acceptors (Lipinski definition) is 8. The van der Waals surface area contributed by atoms with Crippen LogP contribution in [-0.2, 0) is 0 Å². The second-order valence-corrected chi connectivity index (χ2v) is 2.52. The number of nitrogens with zero attached hydrogens (tertiary/aromatic N) is 2. The van der Waals surface area contributed by atoms with Crippen molar-refractivity contribution in [1.82, 2.24) is 0 Å². The molecule has 0 aromatic heterocycles. The summed E-state index contributed by atoms with van der Waals surface area (Å²) in [5.74, 6) is 0. The van der Waals surface area contributed by atoms with Crippen LogP contribution in [0.1, 0.15) is 0 Å². The van der Waals surface area contributed by atoms with Crippen molar-refractivity contribution >= 4 is 22.7 Å². The molecule has 1 aromatic carbocycles. The Balaban J connectivity index is 3.27. The average Bonchev–Trinajstić information content (AvgIpc) is 2.02. The lowest BCUT2D eigenvalue weighted by molar-refractivity contribution is 0.0296. The Kier molecular flexibility index (Phi) is 2.63. The van der Waals surface area contributed by atoms with E-state index < -0.39 is 10.9 Å². The first-order valence-electron chi connectivity index (χ1n) is 3.44. The molecular weight excluding hydrogens is 192 g/mol. The number of rotatable bonds is 2. The van der Waals surface area contributed by atoms with Crippen LogP contribution < -0.4 is 21.9 Å². The highest BCUT2D eigenvalue weighted by Gasteiger charge is 2.08. The lowest BCUT2D eigenvalue weighted by Gasteiger charge is -2.38. The van der Waals surface area contributed by atoms with Gasteiger partial charge in [-0.25, -0.2) is 0 Å². The van der Waals surface area contributed by atoms with Crippen molar-refractivity contribution in [1.29, 1.82) is 0 Å². The average molecular weight is 200 g/mol. The predicted octanol–water partition coefficient (Wildman–Crippen LogP) is 0.238. The lowest BCUT2D eigenvalue weighted by atomic mass is 10.2. The maximum Gasteiger partial charge on any atom is 0.119 e. The fraction of sp³-hybridized carbons (Fsp3) is 0. The standard InChI is InChI=1S/C6H8N4O4/c7-3-1-4(8)6(10(13)14)2-5(3)9(11)12/h1-2,11-12H,7-8H2/q-2. The first kappa shape index (κ1) is 10.3. The molecule has 0 aliphatic heterocycles. The largest absolute Gasteiger partial charge is 0.769 e. The zero-order chi connectivity index (χ0) is 10.9. The molecule has 0 unspecified atom stereocenters. The molecule has 8 heteroatoms. The van der Waals surface area contributed by atoms with Crippen LogP contribution in [0.25, 0.3) is 0 Å². The zero-order valence-corrected chi connectivity index (χ0v) is 6.91. The van der Waals surface area contributed by atoms with Crippen molar-refractivity contribution in [2.24, 2.45) is 0 Å². The van der Waals surface area contributed by atoms with Crippen LogP contribution in [0, 0.1) is 10.4 Å². The van der Waals surface area contributed by atoms with Gasteiger partial charge in [-0.2, -0.15) is 0 Å². The third kappa shape index (κ3) is 1.78. The molecule has 0 spiro atoms. The summed E-state index contributed by atoms with van der Waals surface area (Å²) in [7, 11) is 0.